The van der Waals surface area contributed by atoms with Crippen LogP contribution in [0.5, 0.6) is 5.75 Å². The van der Waals surface area contributed by atoms with Crippen molar-refractivity contribution >= 4 is 31.9 Å². The van der Waals surface area contributed by atoms with Crippen LogP contribution in [0.25, 0.3) is 0 Å². The molecule has 0 aliphatic carbocycles. The minimum absolute atomic E-state index is 0.0923. The van der Waals surface area contributed by atoms with E-state index in [4.69, 9.17) is 4.74 Å². The fraction of sp³-hybridized carbons (Fsp3) is 0.231. The molecule has 0 fully saturated rings. The Morgan fingerprint density at radius 1 is 1.37 bits per heavy atom. The summed E-state index contributed by atoms with van der Waals surface area (Å²) in [6.45, 7) is 2.67. The van der Waals surface area contributed by atoms with Crippen LogP contribution in [-0.2, 0) is 6.54 Å². The number of hydrogen-bond donors (Lipinski definition) is 0. The Labute approximate surface area is 127 Å². The van der Waals surface area contributed by atoms with Crippen LogP contribution >= 0.6 is 31.9 Å². The monoisotopic (exact) mass is 386 g/mol. The van der Waals surface area contributed by atoms with Gasteiger partial charge in [-0.05, 0) is 41.1 Å². The van der Waals surface area contributed by atoms with Crippen LogP contribution in [0.15, 0.2) is 44.2 Å². The predicted molar refractivity (Wildman–Crippen MR) is 80.6 cm³/mol. The molecule has 0 unspecified atom stereocenters. The molecule has 100 valence electrons. The van der Waals surface area contributed by atoms with Gasteiger partial charge in [0.2, 0.25) is 0 Å². The van der Waals surface area contributed by atoms with E-state index in [1.54, 1.807) is 11.5 Å². The lowest BCUT2D eigenvalue weighted by molar-refractivity contribution is 0.293. The van der Waals surface area contributed by atoms with E-state index in [2.05, 4.69) is 36.8 Å². The van der Waals surface area contributed by atoms with Crippen molar-refractivity contribution in [2.75, 3.05) is 6.61 Å². The number of rotatable bonds is 4. The molecule has 0 N–H and O–H groups in total. The first-order valence-electron chi connectivity index (χ1n) is 5.68. The molecule has 0 radical (unpaired) electrons. The van der Waals surface area contributed by atoms with E-state index in [1.807, 2.05) is 24.3 Å². The van der Waals surface area contributed by atoms with Gasteiger partial charge in [0, 0.05) is 10.7 Å². The summed E-state index contributed by atoms with van der Waals surface area (Å²) in [5.74, 6) is 1.44. The van der Waals surface area contributed by atoms with Crippen molar-refractivity contribution in [3.63, 3.8) is 0 Å². The Morgan fingerprint density at radius 2 is 2.16 bits per heavy atom. The maximum absolute atomic E-state index is 11.9. The first kappa shape index (κ1) is 14.3. The van der Waals surface area contributed by atoms with E-state index in [0.717, 1.165) is 10.2 Å². The quantitative estimate of drug-likeness (QED) is 0.809. The van der Waals surface area contributed by atoms with Gasteiger partial charge in [-0.3, -0.25) is 9.36 Å². The number of aryl methyl sites for hydroxylation is 1. The molecule has 0 saturated heterocycles. The van der Waals surface area contributed by atoms with Gasteiger partial charge in [0.1, 0.15) is 22.7 Å². The molecule has 1 aromatic heterocycles. The van der Waals surface area contributed by atoms with Crippen molar-refractivity contribution < 1.29 is 4.74 Å². The average Bonchev–Trinajstić information content (AvgIpc) is 2.38. The zero-order chi connectivity index (χ0) is 13.8. The predicted octanol–water partition coefficient (Wildman–Crippen LogP) is 3.16. The second-order valence-electron chi connectivity index (χ2n) is 3.92. The van der Waals surface area contributed by atoms with Gasteiger partial charge >= 0.3 is 0 Å². The molecule has 6 heteroatoms. The third-order valence-electron chi connectivity index (χ3n) is 2.58. The molecule has 0 amide bonds. The van der Waals surface area contributed by atoms with Crippen molar-refractivity contribution in [3.8, 4) is 5.75 Å². The highest BCUT2D eigenvalue weighted by atomic mass is 79.9. The highest BCUT2D eigenvalue weighted by Gasteiger charge is 2.05. The van der Waals surface area contributed by atoms with E-state index >= 15 is 0 Å². The largest absolute Gasteiger partial charge is 0.492 e. The SMILES string of the molecule is Cc1ncc(Br)c(=O)n1CCOc1cccc(Br)c1. The Morgan fingerprint density at radius 3 is 2.89 bits per heavy atom. The summed E-state index contributed by atoms with van der Waals surface area (Å²) < 4.78 is 8.61. The maximum Gasteiger partial charge on any atom is 0.267 e. The van der Waals surface area contributed by atoms with Crippen LogP contribution in [-0.4, -0.2) is 16.2 Å². The number of aromatic nitrogens is 2. The van der Waals surface area contributed by atoms with E-state index in [-0.39, 0.29) is 5.56 Å². The van der Waals surface area contributed by atoms with Gasteiger partial charge in [-0.15, -0.1) is 0 Å². The molecule has 1 aromatic carbocycles. The summed E-state index contributed by atoms with van der Waals surface area (Å²) >= 11 is 6.56. The van der Waals surface area contributed by atoms with E-state index < -0.39 is 0 Å². The van der Waals surface area contributed by atoms with Crippen molar-refractivity contribution in [2.45, 2.75) is 13.5 Å². The molecule has 4 nitrogen and oxygen atoms in total. The lowest BCUT2D eigenvalue weighted by atomic mass is 10.3. The summed E-state index contributed by atoms with van der Waals surface area (Å²) in [5, 5.41) is 0. The lowest BCUT2D eigenvalue weighted by Gasteiger charge is -2.10. The normalized spacial score (nSPS) is 10.5. The highest BCUT2D eigenvalue weighted by molar-refractivity contribution is 9.10. The minimum atomic E-state index is -0.0923. The molecule has 2 aromatic rings. The molecule has 0 bridgehead atoms. The van der Waals surface area contributed by atoms with Crippen LogP contribution in [0.4, 0.5) is 0 Å². The average molecular weight is 388 g/mol. The summed E-state index contributed by atoms with van der Waals surface area (Å²) in [5.41, 5.74) is -0.0923. The molecule has 0 aliphatic rings. The Bertz CT molecular complexity index is 641. The molecule has 0 aliphatic heterocycles. The zero-order valence-electron chi connectivity index (χ0n) is 10.3. The minimum Gasteiger partial charge on any atom is -0.492 e. The van der Waals surface area contributed by atoms with Crippen molar-refractivity contribution in [1.82, 2.24) is 9.55 Å². The smallest absolute Gasteiger partial charge is 0.267 e. The maximum atomic E-state index is 11.9. The molecular formula is C13H12Br2N2O2. The number of ether oxygens (including phenoxy) is 1. The summed E-state index contributed by atoms with van der Waals surface area (Å²) in [6, 6.07) is 7.59. The Balaban J connectivity index is 2.04. The van der Waals surface area contributed by atoms with E-state index in [9.17, 15) is 4.79 Å². The molecule has 2 rings (SSSR count). The fourth-order valence-corrected chi connectivity index (χ4v) is 2.32. The van der Waals surface area contributed by atoms with Gasteiger partial charge in [0.15, 0.2) is 0 Å². The van der Waals surface area contributed by atoms with Crippen LogP contribution in [0.2, 0.25) is 0 Å². The number of benzene rings is 1. The first-order valence-corrected chi connectivity index (χ1v) is 7.27. The van der Waals surface area contributed by atoms with Crippen molar-refractivity contribution in [1.29, 1.82) is 0 Å². The molecule has 19 heavy (non-hydrogen) atoms. The molecule has 1 heterocycles. The van der Waals surface area contributed by atoms with Gasteiger partial charge in [-0.2, -0.15) is 0 Å². The fourth-order valence-electron chi connectivity index (χ4n) is 1.63. The van der Waals surface area contributed by atoms with Gasteiger partial charge in [0.05, 0.1) is 6.54 Å². The molecule has 0 spiro atoms. The van der Waals surface area contributed by atoms with Crippen LogP contribution in [0.1, 0.15) is 5.82 Å². The molecular weight excluding hydrogens is 376 g/mol. The van der Waals surface area contributed by atoms with E-state index in [1.165, 1.54) is 6.20 Å². The lowest BCUT2D eigenvalue weighted by Crippen LogP contribution is -2.26. The third kappa shape index (κ3) is 3.67. The number of hydrogen-bond acceptors (Lipinski definition) is 3. The molecule has 0 saturated carbocycles. The zero-order valence-corrected chi connectivity index (χ0v) is 13.4. The topological polar surface area (TPSA) is 44.1 Å². The number of nitrogens with zero attached hydrogens (tertiary/aromatic N) is 2. The van der Waals surface area contributed by atoms with Gasteiger partial charge in [-0.25, -0.2) is 4.98 Å². The number of halogens is 2. The Kier molecular flexibility index (Phi) is 4.76. The second-order valence-corrected chi connectivity index (χ2v) is 5.69. The third-order valence-corrected chi connectivity index (χ3v) is 3.62. The van der Waals surface area contributed by atoms with Gasteiger partial charge < -0.3 is 4.74 Å². The Hall–Kier alpha value is -1.14. The van der Waals surface area contributed by atoms with Crippen LogP contribution in [0.3, 0.4) is 0 Å². The van der Waals surface area contributed by atoms with E-state index in [0.29, 0.717) is 23.4 Å². The van der Waals surface area contributed by atoms with Gasteiger partial charge in [-0.1, -0.05) is 22.0 Å². The highest BCUT2D eigenvalue weighted by Crippen LogP contribution is 2.17. The summed E-state index contributed by atoms with van der Waals surface area (Å²) in [6.07, 6.45) is 1.52. The standard InChI is InChI=1S/C13H12Br2N2O2/c1-9-16-8-12(15)13(18)17(9)5-6-19-11-4-2-3-10(14)7-11/h2-4,7-8H,5-6H2,1H3. The first-order chi connectivity index (χ1) is 9.08. The van der Waals surface area contributed by atoms with Crippen LogP contribution < -0.4 is 10.3 Å². The van der Waals surface area contributed by atoms with Crippen LogP contribution in [0, 0.1) is 6.92 Å². The molecule has 0 atom stereocenters. The van der Waals surface area contributed by atoms with Crippen molar-refractivity contribution in [3.05, 3.63) is 55.6 Å². The second kappa shape index (κ2) is 6.34. The van der Waals surface area contributed by atoms with Crippen molar-refractivity contribution in [2.24, 2.45) is 0 Å². The van der Waals surface area contributed by atoms with Gasteiger partial charge in [0.25, 0.3) is 5.56 Å². The summed E-state index contributed by atoms with van der Waals surface area (Å²) in [7, 11) is 0. The summed E-state index contributed by atoms with van der Waals surface area (Å²) in [4.78, 5) is 16.0.